The molecule has 2 heteroatoms. The lowest BCUT2D eigenvalue weighted by atomic mass is 10.2. The molecule has 88 valence electrons. The molecule has 0 aromatic heterocycles. The summed E-state index contributed by atoms with van der Waals surface area (Å²) >= 11 is 0. The Bertz CT molecular complexity index is 297. The predicted octanol–water partition coefficient (Wildman–Crippen LogP) is 2.12. The predicted molar refractivity (Wildman–Crippen MR) is 68.4 cm³/mol. The normalized spacial score (nSPS) is 21.4. The van der Waals surface area contributed by atoms with Crippen molar-refractivity contribution < 1.29 is 0 Å². The summed E-state index contributed by atoms with van der Waals surface area (Å²) in [6.45, 7) is 8.20. The van der Waals surface area contributed by atoms with Crippen molar-refractivity contribution in [3.05, 3.63) is 35.9 Å². The maximum atomic E-state index is 3.50. The number of rotatable bonds is 5. The van der Waals surface area contributed by atoms with Gasteiger partial charge in [0.05, 0.1) is 0 Å². The lowest BCUT2D eigenvalue weighted by Crippen LogP contribution is -2.30. The van der Waals surface area contributed by atoms with Crippen LogP contribution in [-0.2, 0) is 6.54 Å². The lowest BCUT2D eigenvalue weighted by Gasteiger charge is -2.15. The summed E-state index contributed by atoms with van der Waals surface area (Å²) in [6, 6.07) is 10.6. The number of likely N-dealkylation sites (tertiary alicyclic amines) is 1. The van der Waals surface area contributed by atoms with Gasteiger partial charge in [0.2, 0.25) is 0 Å². The SMILES string of the molecule is CC1CCN(CCNCc2ccccc2)C1. The van der Waals surface area contributed by atoms with Gasteiger partial charge < -0.3 is 10.2 Å². The molecule has 0 amide bonds. The molecule has 1 fully saturated rings. The average Bonchev–Trinajstić information content (AvgIpc) is 2.72. The van der Waals surface area contributed by atoms with Gasteiger partial charge in [0.25, 0.3) is 0 Å². The van der Waals surface area contributed by atoms with Gasteiger partial charge in [-0.05, 0) is 24.4 Å². The molecule has 1 unspecified atom stereocenters. The van der Waals surface area contributed by atoms with Crippen LogP contribution in [0.5, 0.6) is 0 Å². The van der Waals surface area contributed by atoms with Crippen molar-refractivity contribution in [3.8, 4) is 0 Å². The average molecular weight is 218 g/mol. The summed E-state index contributed by atoms with van der Waals surface area (Å²) in [5.41, 5.74) is 1.37. The van der Waals surface area contributed by atoms with E-state index in [1.807, 2.05) is 0 Å². The van der Waals surface area contributed by atoms with Gasteiger partial charge in [-0.15, -0.1) is 0 Å². The molecule has 2 rings (SSSR count). The van der Waals surface area contributed by atoms with E-state index in [4.69, 9.17) is 0 Å². The zero-order valence-corrected chi connectivity index (χ0v) is 10.2. The fraction of sp³-hybridized carbons (Fsp3) is 0.571. The Kier molecular flexibility index (Phi) is 4.37. The van der Waals surface area contributed by atoms with Crippen molar-refractivity contribution in [2.24, 2.45) is 5.92 Å². The quantitative estimate of drug-likeness (QED) is 0.762. The molecule has 16 heavy (non-hydrogen) atoms. The Morgan fingerprint density at radius 1 is 1.31 bits per heavy atom. The monoisotopic (exact) mass is 218 g/mol. The molecule has 1 N–H and O–H groups in total. The topological polar surface area (TPSA) is 15.3 Å². The number of hydrogen-bond donors (Lipinski definition) is 1. The van der Waals surface area contributed by atoms with Gasteiger partial charge in [-0.2, -0.15) is 0 Å². The Labute approximate surface area is 98.7 Å². The number of benzene rings is 1. The van der Waals surface area contributed by atoms with E-state index in [1.165, 1.54) is 31.6 Å². The van der Waals surface area contributed by atoms with Gasteiger partial charge in [0.1, 0.15) is 0 Å². The minimum atomic E-state index is 0.897. The molecule has 2 nitrogen and oxygen atoms in total. The van der Waals surface area contributed by atoms with E-state index >= 15 is 0 Å². The lowest BCUT2D eigenvalue weighted by molar-refractivity contribution is 0.325. The first-order valence-corrected chi connectivity index (χ1v) is 6.31. The second kappa shape index (κ2) is 6.02. The van der Waals surface area contributed by atoms with Crippen LogP contribution < -0.4 is 5.32 Å². The van der Waals surface area contributed by atoms with Crippen LogP contribution in [0, 0.1) is 5.92 Å². The van der Waals surface area contributed by atoms with Crippen LogP contribution in [-0.4, -0.2) is 31.1 Å². The summed E-state index contributed by atoms with van der Waals surface area (Å²) in [7, 11) is 0. The van der Waals surface area contributed by atoms with Crippen LogP contribution in [0.1, 0.15) is 18.9 Å². The molecule has 1 aromatic carbocycles. The van der Waals surface area contributed by atoms with Gasteiger partial charge in [-0.1, -0.05) is 37.3 Å². The third-order valence-corrected chi connectivity index (χ3v) is 3.28. The van der Waals surface area contributed by atoms with Crippen molar-refractivity contribution in [2.45, 2.75) is 19.9 Å². The van der Waals surface area contributed by atoms with Crippen molar-refractivity contribution in [1.29, 1.82) is 0 Å². The first-order chi connectivity index (χ1) is 7.84. The highest BCUT2D eigenvalue weighted by Crippen LogP contribution is 2.13. The second-order valence-corrected chi connectivity index (χ2v) is 4.86. The second-order valence-electron chi connectivity index (χ2n) is 4.86. The van der Waals surface area contributed by atoms with Crippen molar-refractivity contribution in [1.82, 2.24) is 10.2 Å². The van der Waals surface area contributed by atoms with Crippen molar-refractivity contribution in [3.63, 3.8) is 0 Å². The standard InChI is InChI=1S/C14H22N2/c1-13-7-9-16(12-13)10-8-15-11-14-5-3-2-4-6-14/h2-6,13,15H,7-12H2,1H3. The molecule has 1 aliphatic heterocycles. The van der Waals surface area contributed by atoms with Gasteiger partial charge >= 0.3 is 0 Å². The van der Waals surface area contributed by atoms with Crippen LogP contribution in [0.3, 0.4) is 0 Å². The highest BCUT2D eigenvalue weighted by Gasteiger charge is 2.17. The van der Waals surface area contributed by atoms with Crippen LogP contribution in [0.2, 0.25) is 0 Å². The minimum absolute atomic E-state index is 0.897. The van der Waals surface area contributed by atoms with E-state index in [0.29, 0.717) is 0 Å². The van der Waals surface area contributed by atoms with Gasteiger partial charge in [0, 0.05) is 26.2 Å². The first-order valence-electron chi connectivity index (χ1n) is 6.31. The third-order valence-electron chi connectivity index (χ3n) is 3.28. The summed E-state index contributed by atoms with van der Waals surface area (Å²) < 4.78 is 0. The van der Waals surface area contributed by atoms with Crippen molar-refractivity contribution in [2.75, 3.05) is 26.2 Å². The zero-order chi connectivity index (χ0) is 11.2. The Morgan fingerprint density at radius 2 is 2.12 bits per heavy atom. The highest BCUT2D eigenvalue weighted by molar-refractivity contribution is 5.14. The first kappa shape index (κ1) is 11.6. The van der Waals surface area contributed by atoms with Crippen LogP contribution in [0.15, 0.2) is 30.3 Å². The molecule has 0 spiro atoms. The molecule has 0 aliphatic carbocycles. The van der Waals surface area contributed by atoms with Crippen molar-refractivity contribution >= 4 is 0 Å². The molecule has 0 radical (unpaired) electrons. The molecule has 1 aliphatic rings. The number of nitrogens with one attached hydrogen (secondary N) is 1. The van der Waals surface area contributed by atoms with Gasteiger partial charge in [-0.3, -0.25) is 0 Å². The molecule has 0 bridgehead atoms. The van der Waals surface area contributed by atoms with E-state index in [1.54, 1.807) is 0 Å². The van der Waals surface area contributed by atoms with Gasteiger partial charge in [0.15, 0.2) is 0 Å². The molecule has 1 saturated heterocycles. The molecule has 1 heterocycles. The zero-order valence-electron chi connectivity index (χ0n) is 10.2. The fourth-order valence-electron chi connectivity index (χ4n) is 2.30. The Hall–Kier alpha value is -0.860. The minimum Gasteiger partial charge on any atom is -0.311 e. The number of hydrogen-bond acceptors (Lipinski definition) is 2. The summed E-state index contributed by atoms with van der Waals surface area (Å²) in [5, 5.41) is 3.50. The maximum Gasteiger partial charge on any atom is 0.0206 e. The molecule has 1 aromatic rings. The third kappa shape index (κ3) is 3.62. The van der Waals surface area contributed by atoms with E-state index in [-0.39, 0.29) is 0 Å². The Balaban J connectivity index is 1.59. The Morgan fingerprint density at radius 3 is 2.81 bits per heavy atom. The van der Waals surface area contributed by atoms with E-state index < -0.39 is 0 Å². The smallest absolute Gasteiger partial charge is 0.0206 e. The van der Waals surface area contributed by atoms with E-state index in [2.05, 4.69) is 47.5 Å². The summed E-state index contributed by atoms with van der Waals surface area (Å²) in [4.78, 5) is 2.56. The number of nitrogens with zero attached hydrogens (tertiary/aromatic N) is 1. The largest absolute Gasteiger partial charge is 0.311 e. The van der Waals surface area contributed by atoms with Crippen LogP contribution >= 0.6 is 0 Å². The van der Waals surface area contributed by atoms with Gasteiger partial charge in [-0.25, -0.2) is 0 Å². The molecular weight excluding hydrogens is 196 g/mol. The summed E-state index contributed by atoms with van der Waals surface area (Å²) in [6.07, 6.45) is 1.37. The fourth-order valence-corrected chi connectivity index (χ4v) is 2.30. The molecular formula is C14H22N2. The maximum absolute atomic E-state index is 3.50. The molecule has 1 atom stereocenters. The van der Waals surface area contributed by atoms with E-state index in [0.717, 1.165) is 19.0 Å². The summed E-state index contributed by atoms with van der Waals surface area (Å²) in [5.74, 6) is 0.897. The van der Waals surface area contributed by atoms with Crippen LogP contribution in [0.25, 0.3) is 0 Å². The van der Waals surface area contributed by atoms with E-state index in [9.17, 15) is 0 Å². The van der Waals surface area contributed by atoms with Crippen LogP contribution in [0.4, 0.5) is 0 Å². The highest BCUT2D eigenvalue weighted by atomic mass is 15.2. The molecule has 0 saturated carbocycles.